The monoisotopic (exact) mass is 323 g/mol. The molecule has 1 N–H and O–H groups in total. The lowest BCUT2D eigenvalue weighted by molar-refractivity contribution is 0.0951. The summed E-state index contributed by atoms with van der Waals surface area (Å²) in [4.78, 5) is 25.1. The van der Waals surface area contributed by atoms with E-state index in [1.54, 1.807) is 36.1 Å². The summed E-state index contributed by atoms with van der Waals surface area (Å²) in [5.41, 5.74) is 3.89. The Kier molecular flexibility index (Phi) is 5.77. The molecule has 1 aromatic rings. The molecule has 0 aromatic heterocycles. The Morgan fingerprint density at radius 1 is 1.27 bits per heavy atom. The summed E-state index contributed by atoms with van der Waals surface area (Å²) in [6.07, 6.45) is 0.950. The van der Waals surface area contributed by atoms with Crippen LogP contribution < -0.4 is 5.43 Å². The zero-order valence-electron chi connectivity index (χ0n) is 12.3. The minimum absolute atomic E-state index is 0.281. The minimum atomic E-state index is -0.299. The van der Waals surface area contributed by atoms with Gasteiger partial charge in [0.2, 0.25) is 0 Å². The Morgan fingerprint density at radius 2 is 1.91 bits per heavy atom. The van der Waals surface area contributed by atoms with Gasteiger partial charge in [-0.15, -0.1) is 0 Å². The molecule has 0 unspecified atom stereocenters. The van der Waals surface area contributed by atoms with Crippen molar-refractivity contribution in [3.8, 4) is 0 Å². The van der Waals surface area contributed by atoms with Crippen molar-refractivity contribution in [3.05, 3.63) is 34.9 Å². The van der Waals surface area contributed by atoms with Crippen molar-refractivity contribution in [2.75, 3.05) is 19.7 Å². The van der Waals surface area contributed by atoms with Crippen LogP contribution >= 0.6 is 11.6 Å². The van der Waals surface area contributed by atoms with Crippen LogP contribution in [-0.2, 0) is 4.74 Å². The third kappa shape index (κ3) is 4.46. The predicted molar refractivity (Wildman–Crippen MR) is 84.2 cm³/mol. The van der Waals surface area contributed by atoms with E-state index in [2.05, 4.69) is 10.5 Å². The van der Waals surface area contributed by atoms with Gasteiger partial charge in [0.15, 0.2) is 0 Å². The second kappa shape index (κ2) is 7.79. The van der Waals surface area contributed by atoms with Gasteiger partial charge in [-0.1, -0.05) is 11.6 Å². The highest BCUT2D eigenvalue weighted by Gasteiger charge is 2.20. The number of amides is 2. The van der Waals surface area contributed by atoms with E-state index in [4.69, 9.17) is 16.3 Å². The largest absolute Gasteiger partial charge is 0.450 e. The fourth-order valence-corrected chi connectivity index (χ4v) is 2.20. The summed E-state index contributed by atoms with van der Waals surface area (Å²) in [5.74, 6) is -0.281. The molecule has 1 heterocycles. The van der Waals surface area contributed by atoms with E-state index in [1.165, 1.54) is 0 Å². The number of benzene rings is 1. The van der Waals surface area contributed by atoms with Gasteiger partial charge in [-0.3, -0.25) is 4.79 Å². The summed E-state index contributed by atoms with van der Waals surface area (Å²) < 4.78 is 4.95. The van der Waals surface area contributed by atoms with Gasteiger partial charge in [0.05, 0.1) is 6.61 Å². The first-order chi connectivity index (χ1) is 10.6. The van der Waals surface area contributed by atoms with Crippen LogP contribution in [0.25, 0.3) is 0 Å². The number of nitrogens with one attached hydrogen (secondary N) is 1. The van der Waals surface area contributed by atoms with Crippen LogP contribution in [0, 0.1) is 0 Å². The number of halogens is 1. The van der Waals surface area contributed by atoms with Crippen molar-refractivity contribution < 1.29 is 14.3 Å². The van der Waals surface area contributed by atoms with Gasteiger partial charge in [-0.25, -0.2) is 10.2 Å². The van der Waals surface area contributed by atoms with Crippen LogP contribution in [0.2, 0.25) is 5.02 Å². The standard InChI is InChI=1S/C15H18ClN3O3/c1-2-22-15(21)19-9-7-13(8-10-19)17-18-14(20)11-3-5-12(16)6-4-11/h3-6H,2,7-10H2,1H3,(H,18,20). The number of ether oxygens (including phenoxy) is 1. The molecular formula is C15H18ClN3O3. The van der Waals surface area contributed by atoms with Crippen LogP contribution in [0.1, 0.15) is 30.1 Å². The molecule has 0 radical (unpaired) electrons. The average Bonchev–Trinajstić information content (AvgIpc) is 2.54. The lowest BCUT2D eigenvalue weighted by atomic mass is 10.1. The zero-order chi connectivity index (χ0) is 15.9. The third-order valence-electron chi connectivity index (χ3n) is 3.29. The molecule has 0 saturated carbocycles. The SMILES string of the molecule is CCOC(=O)N1CCC(=NNC(=O)c2ccc(Cl)cc2)CC1. The van der Waals surface area contributed by atoms with Crippen molar-refractivity contribution in [1.29, 1.82) is 0 Å². The molecule has 6 nitrogen and oxygen atoms in total. The Labute approximate surface area is 134 Å². The van der Waals surface area contributed by atoms with E-state index < -0.39 is 0 Å². The van der Waals surface area contributed by atoms with Crippen molar-refractivity contribution in [1.82, 2.24) is 10.3 Å². The highest BCUT2D eigenvalue weighted by atomic mass is 35.5. The number of hydrogen-bond donors (Lipinski definition) is 1. The van der Waals surface area contributed by atoms with Gasteiger partial charge in [0.1, 0.15) is 0 Å². The number of piperidine rings is 1. The fraction of sp³-hybridized carbons (Fsp3) is 0.400. The summed E-state index contributed by atoms with van der Waals surface area (Å²) >= 11 is 5.78. The molecule has 1 aliphatic rings. The number of hydrazone groups is 1. The molecule has 0 atom stereocenters. The van der Waals surface area contributed by atoms with Crippen LogP contribution in [0.4, 0.5) is 4.79 Å². The third-order valence-corrected chi connectivity index (χ3v) is 3.54. The lowest BCUT2D eigenvalue weighted by Gasteiger charge is -2.26. The molecule has 1 aromatic carbocycles. The second-order valence-corrected chi connectivity index (χ2v) is 5.25. The van der Waals surface area contributed by atoms with Crippen LogP contribution in [-0.4, -0.2) is 42.3 Å². The summed E-state index contributed by atoms with van der Waals surface area (Å²) in [5, 5.41) is 4.71. The molecule has 22 heavy (non-hydrogen) atoms. The number of likely N-dealkylation sites (tertiary alicyclic amines) is 1. The molecule has 1 fully saturated rings. The number of nitrogens with zero attached hydrogens (tertiary/aromatic N) is 2. The quantitative estimate of drug-likeness (QED) is 0.869. The van der Waals surface area contributed by atoms with Crippen LogP contribution in [0.15, 0.2) is 29.4 Å². The van der Waals surface area contributed by atoms with Gasteiger partial charge in [0.25, 0.3) is 5.91 Å². The van der Waals surface area contributed by atoms with Gasteiger partial charge in [-0.05, 0) is 31.2 Å². The average molecular weight is 324 g/mol. The predicted octanol–water partition coefficient (Wildman–Crippen LogP) is 2.68. The maximum absolute atomic E-state index is 11.9. The number of carbonyl (C=O) groups is 2. The molecule has 0 aliphatic carbocycles. The molecular weight excluding hydrogens is 306 g/mol. The van der Waals surface area contributed by atoms with E-state index in [-0.39, 0.29) is 12.0 Å². The Balaban J connectivity index is 1.84. The van der Waals surface area contributed by atoms with Crippen molar-refractivity contribution >= 4 is 29.3 Å². The Morgan fingerprint density at radius 3 is 2.50 bits per heavy atom. The van der Waals surface area contributed by atoms with Crippen molar-refractivity contribution in [2.45, 2.75) is 19.8 Å². The maximum Gasteiger partial charge on any atom is 0.409 e. The topological polar surface area (TPSA) is 71.0 Å². The van der Waals surface area contributed by atoms with Gasteiger partial charge < -0.3 is 9.64 Å². The normalized spacial score (nSPS) is 14.5. The highest BCUT2D eigenvalue weighted by molar-refractivity contribution is 6.30. The summed E-state index contributed by atoms with van der Waals surface area (Å²) in [6, 6.07) is 6.59. The van der Waals surface area contributed by atoms with Crippen LogP contribution in [0.3, 0.4) is 0 Å². The first kappa shape index (κ1) is 16.3. The van der Waals surface area contributed by atoms with Crippen molar-refractivity contribution in [3.63, 3.8) is 0 Å². The minimum Gasteiger partial charge on any atom is -0.450 e. The zero-order valence-corrected chi connectivity index (χ0v) is 13.1. The summed E-state index contributed by atoms with van der Waals surface area (Å²) in [6.45, 7) is 3.25. The Hall–Kier alpha value is -2.08. The number of carbonyl (C=O) groups excluding carboxylic acids is 2. The van der Waals surface area contributed by atoms with Gasteiger partial charge in [0, 0.05) is 42.2 Å². The summed E-state index contributed by atoms with van der Waals surface area (Å²) in [7, 11) is 0. The number of rotatable bonds is 3. The highest BCUT2D eigenvalue weighted by Crippen LogP contribution is 2.10. The smallest absolute Gasteiger partial charge is 0.409 e. The van der Waals surface area contributed by atoms with E-state index in [0.717, 1.165) is 5.71 Å². The first-order valence-electron chi connectivity index (χ1n) is 7.13. The second-order valence-electron chi connectivity index (χ2n) is 4.81. The fourth-order valence-electron chi connectivity index (χ4n) is 2.07. The lowest BCUT2D eigenvalue weighted by Crippen LogP contribution is -2.39. The molecule has 118 valence electrons. The van der Waals surface area contributed by atoms with E-state index in [0.29, 0.717) is 43.1 Å². The van der Waals surface area contributed by atoms with Gasteiger partial charge in [-0.2, -0.15) is 5.10 Å². The molecule has 2 rings (SSSR count). The van der Waals surface area contributed by atoms with E-state index >= 15 is 0 Å². The molecule has 0 bridgehead atoms. The van der Waals surface area contributed by atoms with Crippen LogP contribution in [0.5, 0.6) is 0 Å². The first-order valence-corrected chi connectivity index (χ1v) is 7.51. The van der Waals surface area contributed by atoms with E-state index in [9.17, 15) is 9.59 Å². The van der Waals surface area contributed by atoms with E-state index in [1.807, 2.05) is 0 Å². The molecule has 0 spiro atoms. The molecule has 1 saturated heterocycles. The molecule has 2 amide bonds. The van der Waals surface area contributed by atoms with Gasteiger partial charge >= 0.3 is 6.09 Å². The molecule has 1 aliphatic heterocycles. The molecule has 7 heteroatoms. The van der Waals surface area contributed by atoms with Crippen molar-refractivity contribution in [2.24, 2.45) is 5.10 Å². The number of hydrogen-bond acceptors (Lipinski definition) is 4. The Bertz CT molecular complexity index is 562. The maximum atomic E-state index is 11.9.